The number of rotatable bonds is 15. The van der Waals surface area contributed by atoms with Crippen molar-refractivity contribution in [3.8, 4) is 5.75 Å². The van der Waals surface area contributed by atoms with Crippen LogP contribution in [0.2, 0.25) is 0 Å². The van der Waals surface area contributed by atoms with Gasteiger partial charge in [-0.25, -0.2) is 4.79 Å². The molecule has 0 fully saturated rings. The molecule has 1 N–H and O–H groups in total. The number of methoxy groups -OCH3 is 1. The lowest BCUT2D eigenvalue weighted by atomic mass is 9.98. The van der Waals surface area contributed by atoms with E-state index in [1.807, 2.05) is 30.3 Å². The summed E-state index contributed by atoms with van der Waals surface area (Å²) in [7, 11) is 1.66. The number of benzene rings is 1. The fraction of sp³-hybridized carbons (Fsp3) is 0.542. The Balaban J connectivity index is 2.40. The third-order valence-electron chi connectivity index (χ3n) is 4.80. The standard InChI is InChI=1S/C24H36O3/c1-3-4-5-6-7-8-9-10-11-12-14-21(15-13-16-24(25)26)22-17-19-23(27-2)20-18-22/h13,15-20H,3-12,14H2,1-2H3,(H,25,26). The van der Waals surface area contributed by atoms with Gasteiger partial charge >= 0.3 is 5.97 Å². The van der Waals surface area contributed by atoms with E-state index in [1.54, 1.807) is 13.2 Å². The second kappa shape index (κ2) is 15.1. The van der Waals surface area contributed by atoms with Crippen LogP contribution >= 0.6 is 0 Å². The molecule has 0 aliphatic heterocycles. The number of ether oxygens (including phenoxy) is 1. The zero-order valence-corrected chi connectivity index (χ0v) is 17.1. The van der Waals surface area contributed by atoms with Gasteiger partial charge in [-0.15, -0.1) is 0 Å². The van der Waals surface area contributed by atoms with Gasteiger partial charge < -0.3 is 9.84 Å². The molecule has 1 aromatic rings. The van der Waals surface area contributed by atoms with Gasteiger partial charge in [-0.05, 0) is 36.1 Å². The van der Waals surface area contributed by atoms with Gasteiger partial charge in [0.1, 0.15) is 5.75 Å². The number of carbonyl (C=O) groups is 1. The molecular weight excluding hydrogens is 336 g/mol. The van der Waals surface area contributed by atoms with E-state index in [0.717, 1.165) is 24.2 Å². The summed E-state index contributed by atoms with van der Waals surface area (Å²) in [5.74, 6) is -0.0858. The van der Waals surface area contributed by atoms with Crippen molar-refractivity contribution in [3.63, 3.8) is 0 Å². The average molecular weight is 373 g/mol. The molecule has 0 aromatic heterocycles. The number of carboxylic acids is 1. The number of hydrogen-bond acceptors (Lipinski definition) is 2. The highest BCUT2D eigenvalue weighted by Crippen LogP contribution is 2.24. The van der Waals surface area contributed by atoms with E-state index in [1.165, 1.54) is 69.4 Å². The van der Waals surface area contributed by atoms with E-state index >= 15 is 0 Å². The van der Waals surface area contributed by atoms with E-state index in [4.69, 9.17) is 9.84 Å². The fourth-order valence-corrected chi connectivity index (χ4v) is 3.18. The first-order valence-corrected chi connectivity index (χ1v) is 10.4. The minimum Gasteiger partial charge on any atom is -0.497 e. The molecule has 0 atom stereocenters. The van der Waals surface area contributed by atoms with Crippen LogP contribution in [0.15, 0.2) is 42.5 Å². The monoisotopic (exact) mass is 372 g/mol. The quantitative estimate of drug-likeness (QED) is 0.204. The van der Waals surface area contributed by atoms with Gasteiger partial charge in [-0.1, -0.05) is 89.0 Å². The van der Waals surface area contributed by atoms with Crippen LogP contribution in [0.4, 0.5) is 0 Å². The highest BCUT2D eigenvalue weighted by atomic mass is 16.5. The van der Waals surface area contributed by atoms with E-state index < -0.39 is 5.97 Å². The van der Waals surface area contributed by atoms with Crippen LogP contribution < -0.4 is 4.74 Å². The van der Waals surface area contributed by atoms with Crippen molar-refractivity contribution in [1.29, 1.82) is 0 Å². The van der Waals surface area contributed by atoms with Crippen molar-refractivity contribution >= 4 is 11.5 Å². The molecule has 0 saturated heterocycles. The highest BCUT2D eigenvalue weighted by Gasteiger charge is 2.02. The summed E-state index contributed by atoms with van der Waals surface area (Å²) in [6.45, 7) is 2.26. The molecule has 0 aliphatic rings. The Labute approximate surface area is 165 Å². The third-order valence-corrected chi connectivity index (χ3v) is 4.80. The lowest BCUT2D eigenvalue weighted by molar-refractivity contribution is -0.131. The van der Waals surface area contributed by atoms with Crippen LogP contribution in [0.25, 0.3) is 5.57 Å². The molecule has 1 rings (SSSR count). The average Bonchev–Trinajstić information content (AvgIpc) is 2.68. The fourth-order valence-electron chi connectivity index (χ4n) is 3.18. The van der Waals surface area contributed by atoms with Crippen molar-refractivity contribution in [2.45, 2.75) is 77.6 Å². The summed E-state index contributed by atoms with van der Waals surface area (Å²) in [6.07, 6.45) is 18.8. The third kappa shape index (κ3) is 11.3. The zero-order valence-electron chi connectivity index (χ0n) is 17.1. The summed E-state index contributed by atoms with van der Waals surface area (Å²) >= 11 is 0. The van der Waals surface area contributed by atoms with E-state index in [0.29, 0.717) is 0 Å². The van der Waals surface area contributed by atoms with Crippen molar-refractivity contribution in [3.05, 3.63) is 48.1 Å². The van der Waals surface area contributed by atoms with Gasteiger partial charge in [0.05, 0.1) is 7.11 Å². The second-order valence-corrected chi connectivity index (χ2v) is 7.05. The maximum Gasteiger partial charge on any atom is 0.328 e. The molecular formula is C24H36O3. The van der Waals surface area contributed by atoms with Crippen LogP contribution in [0, 0.1) is 0 Å². The van der Waals surface area contributed by atoms with Gasteiger partial charge in [0.2, 0.25) is 0 Å². The van der Waals surface area contributed by atoms with Gasteiger partial charge in [0, 0.05) is 6.08 Å². The molecule has 0 heterocycles. The number of unbranched alkanes of at least 4 members (excludes halogenated alkanes) is 9. The summed E-state index contributed by atoms with van der Waals surface area (Å²) in [6, 6.07) is 7.97. The molecule has 0 bridgehead atoms. The normalized spacial score (nSPS) is 11.9. The van der Waals surface area contributed by atoms with Crippen LogP contribution in [-0.2, 0) is 4.79 Å². The second-order valence-electron chi connectivity index (χ2n) is 7.05. The topological polar surface area (TPSA) is 46.5 Å². The van der Waals surface area contributed by atoms with E-state index in [9.17, 15) is 4.79 Å². The largest absolute Gasteiger partial charge is 0.497 e. The molecule has 150 valence electrons. The van der Waals surface area contributed by atoms with Crippen molar-refractivity contribution < 1.29 is 14.6 Å². The number of allylic oxidation sites excluding steroid dienone is 3. The highest BCUT2D eigenvalue weighted by molar-refractivity contribution is 5.81. The molecule has 0 spiro atoms. The Morgan fingerprint density at radius 1 is 0.926 bits per heavy atom. The molecule has 3 nitrogen and oxygen atoms in total. The van der Waals surface area contributed by atoms with Crippen LogP contribution in [0.5, 0.6) is 5.75 Å². The summed E-state index contributed by atoms with van der Waals surface area (Å²) in [4.78, 5) is 10.7. The smallest absolute Gasteiger partial charge is 0.328 e. The maximum absolute atomic E-state index is 10.7. The molecule has 0 radical (unpaired) electrons. The number of aliphatic carboxylic acids is 1. The van der Waals surface area contributed by atoms with E-state index in [2.05, 4.69) is 6.92 Å². The first-order valence-electron chi connectivity index (χ1n) is 10.4. The van der Waals surface area contributed by atoms with Gasteiger partial charge in [0.25, 0.3) is 0 Å². The number of hydrogen-bond donors (Lipinski definition) is 1. The minimum atomic E-state index is -0.917. The van der Waals surface area contributed by atoms with Crippen LogP contribution in [-0.4, -0.2) is 18.2 Å². The Morgan fingerprint density at radius 2 is 1.48 bits per heavy atom. The van der Waals surface area contributed by atoms with Crippen LogP contribution in [0.1, 0.15) is 83.1 Å². The van der Waals surface area contributed by atoms with Gasteiger partial charge in [0.15, 0.2) is 0 Å². The molecule has 0 amide bonds. The van der Waals surface area contributed by atoms with Crippen LogP contribution in [0.3, 0.4) is 0 Å². The predicted molar refractivity (Wildman–Crippen MR) is 114 cm³/mol. The number of carboxylic acid groups (broad SMARTS) is 1. The Hall–Kier alpha value is -2.03. The predicted octanol–water partition coefficient (Wildman–Crippen LogP) is 7.03. The lowest BCUT2D eigenvalue weighted by Gasteiger charge is -2.09. The van der Waals surface area contributed by atoms with Crippen molar-refractivity contribution in [2.75, 3.05) is 7.11 Å². The van der Waals surface area contributed by atoms with Gasteiger partial charge in [-0.3, -0.25) is 0 Å². The molecule has 3 heteroatoms. The zero-order chi connectivity index (χ0) is 19.7. The van der Waals surface area contributed by atoms with Crippen molar-refractivity contribution in [2.24, 2.45) is 0 Å². The Kier molecular flexibility index (Phi) is 12.8. The molecule has 0 saturated carbocycles. The first kappa shape index (κ1) is 23.0. The minimum absolute atomic E-state index is 0.832. The molecule has 0 aliphatic carbocycles. The summed E-state index contributed by atoms with van der Waals surface area (Å²) in [5, 5.41) is 8.80. The van der Waals surface area contributed by atoms with Crippen molar-refractivity contribution in [1.82, 2.24) is 0 Å². The molecule has 1 aromatic carbocycles. The van der Waals surface area contributed by atoms with Gasteiger partial charge in [-0.2, -0.15) is 0 Å². The SMILES string of the molecule is CCCCCCCCCCCCC(=CC=CC(=O)O)c1ccc(OC)cc1. The summed E-state index contributed by atoms with van der Waals surface area (Å²) < 4.78 is 5.22. The Bertz CT molecular complexity index is 570. The first-order chi connectivity index (χ1) is 13.2. The van der Waals surface area contributed by atoms with E-state index in [-0.39, 0.29) is 0 Å². The molecule has 27 heavy (non-hydrogen) atoms. The molecule has 0 unspecified atom stereocenters. The lowest BCUT2D eigenvalue weighted by Crippen LogP contribution is -1.89. The Morgan fingerprint density at radius 3 is 2.00 bits per heavy atom. The maximum atomic E-state index is 10.7. The summed E-state index contributed by atoms with van der Waals surface area (Å²) in [5.41, 5.74) is 2.30.